The van der Waals surface area contributed by atoms with Crippen molar-refractivity contribution in [3.05, 3.63) is 28.8 Å². The zero-order valence-corrected chi connectivity index (χ0v) is 17.5. The van der Waals surface area contributed by atoms with Crippen molar-refractivity contribution in [2.45, 2.75) is 25.7 Å². The van der Waals surface area contributed by atoms with Crippen LogP contribution in [0.1, 0.15) is 36.0 Å². The van der Waals surface area contributed by atoms with Crippen LogP contribution >= 0.6 is 23.2 Å². The van der Waals surface area contributed by atoms with Gasteiger partial charge in [0, 0.05) is 46.0 Å². The summed E-state index contributed by atoms with van der Waals surface area (Å²) >= 11 is 11.9. The van der Waals surface area contributed by atoms with E-state index in [1.54, 1.807) is 19.0 Å². The Morgan fingerprint density at radius 3 is 2.04 bits per heavy atom. The van der Waals surface area contributed by atoms with Gasteiger partial charge in [0.1, 0.15) is 0 Å². The highest BCUT2D eigenvalue weighted by Crippen LogP contribution is 2.35. The molecule has 0 saturated carbocycles. The average molecular weight is 412 g/mol. The van der Waals surface area contributed by atoms with Gasteiger partial charge in [-0.15, -0.1) is 0 Å². The highest BCUT2D eigenvalue weighted by molar-refractivity contribution is 6.62. The highest BCUT2D eigenvalue weighted by atomic mass is 35.5. The Balaban J connectivity index is 1.56. The number of hydrogen-bond acceptors (Lipinski definition) is 3. The summed E-state index contributed by atoms with van der Waals surface area (Å²) in [6, 6.07) is 5.72. The number of likely N-dealkylation sites (tertiary alicyclic amines) is 1. The first-order valence-corrected chi connectivity index (χ1v) is 10.3. The van der Waals surface area contributed by atoms with Crippen LogP contribution < -0.4 is 4.90 Å². The number of nitrogens with zero attached hydrogens (tertiary/aromatic N) is 3. The lowest BCUT2D eigenvalue weighted by Gasteiger charge is -2.40. The summed E-state index contributed by atoms with van der Waals surface area (Å²) in [6.07, 6.45) is 4.40. The molecule has 7 heteroatoms. The number of piperidine rings is 2. The second-order valence-corrected chi connectivity index (χ2v) is 8.50. The second kappa shape index (κ2) is 8.70. The first kappa shape index (κ1) is 20.3. The van der Waals surface area contributed by atoms with E-state index < -0.39 is 0 Å². The number of anilines is 1. The summed E-state index contributed by atoms with van der Waals surface area (Å²) in [5.74, 6) is 1.31. The lowest BCUT2D eigenvalue weighted by atomic mass is 9.79. The lowest BCUT2D eigenvalue weighted by molar-refractivity contribution is 0.0827. The van der Waals surface area contributed by atoms with Crippen molar-refractivity contribution < 1.29 is 9.59 Å². The summed E-state index contributed by atoms with van der Waals surface area (Å²) in [7, 11) is 3.45. The molecule has 2 saturated heterocycles. The number of carbonyl (C=O) groups is 2. The van der Waals surface area contributed by atoms with Crippen LogP contribution in [0.25, 0.3) is 0 Å². The lowest BCUT2D eigenvalue weighted by Crippen LogP contribution is -2.41. The fourth-order valence-electron chi connectivity index (χ4n) is 4.29. The summed E-state index contributed by atoms with van der Waals surface area (Å²) < 4.78 is 0. The zero-order valence-electron chi connectivity index (χ0n) is 16.0. The quantitative estimate of drug-likeness (QED) is 0.548. The van der Waals surface area contributed by atoms with Gasteiger partial charge in [-0.3, -0.25) is 9.59 Å². The van der Waals surface area contributed by atoms with Crippen LogP contribution in [0.4, 0.5) is 10.5 Å². The fraction of sp³-hybridized carbons (Fsp3) is 0.600. The Morgan fingerprint density at radius 1 is 1.00 bits per heavy atom. The predicted octanol–water partition coefficient (Wildman–Crippen LogP) is 4.33. The van der Waals surface area contributed by atoms with E-state index in [9.17, 15) is 9.59 Å². The summed E-state index contributed by atoms with van der Waals surface area (Å²) in [5, 5.41) is 0.183. The molecule has 2 fully saturated rings. The predicted molar refractivity (Wildman–Crippen MR) is 110 cm³/mol. The number of benzene rings is 1. The van der Waals surface area contributed by atoms with Crippen molar-refractivity contribution in [2.24, 2.45) is 11.8 Å². The molecule has 0 spiro atoms. The molecule has 0 radical (unpaired) electrons. The Labute approximate surface area is 171 Å². The van der Waals surface area contributed by atoms with Crippen molar-refractivity contribution in [3.8, 4) is 0 Å². The van der Waals surface area contributed by atoms with E-state index in [0.29, 0.717) is 22.4 Å². The molecule has 27 heavy (non-hydrogen) atoms. The van der Waals surface area contributed by atoms with Crippen molar-refractivity contribution >= 4 is 40.2 Å². The van der Waals surface area contributed by atoms with Crippen molar-refractivity contribution in [1.82, 2.24) is 9.80 Å². The van der Waals surface area contributed by atoms with Gasteiger partial charge in [0.15, 0.2) is 0 Å². The number of hydrogen-bond donors (Lipinski definition) is 0. The number of rotatable bonds is 3. The van der Waals surface area contributed by atoms with E-state index in [1.807, 2.05) is 18.2 Å². The maximum atomic E-state index is 12.1. The smallest absolute Gasteiger partial charge is 0.316 e. The average Bonchev–Trinajstić information content (AvgIpc) is 2.67. The van der Waals surface area contributed by atoms with Crippen LogP contribution in [0.3, 0.4) is 0 Å². The van der Waals surface area contributed by atoms with E-state index in [2.05, 4.69) is 4.90 Å². The summed E-state index contributed by atoms with van der Waals surface area (Å²) in [5.41, 5.74) is 1.62. The van der Waals surface area contributed by atoms with Gasteiger partial charge in [-0.1, -0.05) is 11.6 Å². The third kappa shape index (κ3) is 4.69. The number of halogens is 2. The van der Waals surface area contributed by atoms with Gasteiger partial charge in [0.2, 0.25) is 0 Å². The highest BCUT2D eigenvalue weighted by Gasteiger charge is 2.30. The molecule has 2 aliphatic heterocycles. The molecule has 0 aliphatic carbocycles. The van der Waals surface area contributed by atoms with Gasteiger partial charge in [0.25, 0.3) is 5.91 Å². The van der Waals surface area contributed by atoms with Crippen LogP contribution in [0.5, 0.6) is 0 Å². The maximum Gasteiger partial charge on any atom is 0.316 e. The minimum Gasteiger partial charge on any atom is -0.371 e. The molecule has 148 valence electrons. The fourth-order valence-corrected chi connectivity index (χ4v) is 4.72. The molecule has 0 N–H and O–H groups in total. The second-order valence-electron chi connectivity index (χ2n) is 7.77. The molecule has 2 amide bonds. The van der Waals surface area contributed by atoms with Gasteiger partial charge in [-0.2, -0.15) is 0 Å². The molecular formula is C20H27Cl2N3O2. The van der Waals surface area contributed by atoms with Gasteiger partial charge in [-0.25, -0.2) is 0 Å². The summed E-state index contributed by atoms with van der Waals surface area (Å²) in [6.45, 7) is 3.56. The van der Waals surface area contributed by atoms with Crippen molar-refractivity contribution in [3.63, 3.8) is 0 Å². The van der Waals surface area contributed by atoms with Crippen LogP contribution in [-0.2, 0) is 0 Å². The molecule has 1 aromatic rings. The molecule has 2 aliphatic rings. The summed E-state index contributed by atoms with van der Waals surface area (Å²) in [4.78, 5) is 29.0. The number of amides is 2. The molecule has 0 unspecified atom stereocenters. The SMILES string of the molecule is CN(C)C(=O)c1ccc(N2CCC(C3CCN(C(=O)Cl)CC3)CC2)cc1Cl. The largest absolute Gasteiger partial charge is 0.371 e. The number of carbonyl (C=O) groups excluding carboxylic acids is 2. The van der Waals surface area contributed by atoms with Crippen molar-refractivity contribution in [2.75, 3.05) is 45.2 Å². The first-order valence-electron chi connectivity index (χ1n) is 9.57. The molecule has 0 atom stereocenters. The first-order chi connectivity index (χ1) is 12.9. The van der Waals surface area contributed by atoms with Crippen LogP contribution in [0.2, 0.25) is 5.02 Å². The van der Waals surface area contributed by atoms with E-state index >= 15 is 0 Å². The van der Waals surface area contributed by atoms with E-state index in [1.165, 1.54) is 4.90 Å². The molecular weight excluding hydrogens is 385 g/mol. The molecule has 0 aromatic heterocycles. The Morgan fingerprint density at radius 2 is 1.56 bits per heavy atom. The van der Waals surface area contributed by atoms with Crippen molar-refractivity contribution in [1.29, 1.82) is 0 Å². The van der Waals surface area contributed by atoms with Gasteiger partial charge in [-0.05, 0) is 67.3 Å². The maximum absolute atomic E-state index is 12.1. The molecule has 1 aromatic carbocycles. The van der Waals surface area contributed by atoms with E-state index in [4.69, 9.17) is 23.2 Å². The van der Waals surface area contributed by atoms with E-state index in [0.717, 1.165) is 57.5 Å². The molecule has 0 bridgehead atoms. The minimum atomic E-state index is -0.323. The van der Waals surface area contributed by atoms with Crippen LogP contribution in [0, 0.1) is 11.8 Å². The molecule has 3 rings (SSSR count). The Kier molecular flexibility index (Phi) is 6.53. The standard InChI is InChI=1S/C20H27Cl2N3O2/c1-23(2)19(26)17-4-3-16(13-18(17)21)24-9-5-14(6-10-24)15-7-11-25(12-8-15)20(22)27/h3-4,13-15H,5-12H2,1-2H3. The Bertz CT molecular complexity index is 694. The topological polar surface area (TPSA) is 43.9 Å². The third-order valence-electron chi connectivity index (χ3n) is 5.95. The van der Waals surface area contributed by atoms with Crippen LogP contribution in [0.15, 0.2) is 18.2 Å². The zero-order chi connectivity index (χ0) is 19.6. The normalized spacial score (nSPS) is 19.3. The molecule has 5 nitrogen and oxygen atoms in total. The Hall–Kier alpha value is -1.46. The molecule has 2 heterocycles. The monoisotopic (exact) mass is 411 g/mol. The van der Waals surface area contributed by atoms with Gasteiger partial charge < -0.3 is 14.7 Å². The van der Waals surface area contributed by atoms with E-state index in [-0.39, 0.29) is 11.3 Å². The third-order valence-corrected chi connectivity index (χ3v) is 6.50. The van der Waals surface area contributed by atoms with Crippen LogP contribution in [-0.4, -0.2) is 61.3 Å². The van der Waals surface area contributed by atoms with Gasteiger partial charge >= 0.3 is 5.37 Å². The van der Waals surface area contributed by atoms with Gasteiger partial charge in [0.05, 0.1) is 10.6 Å². The minimum absolute atomic E-state index is 0.0768.